The van der Waals surface area contributed by atoms with E-state index in [1.54, 1.807) is 18.5 Å². The molecule has 0 saturated carbocycles. The maximum atomic E-state index is 13.3. The van der Waals surface area contributed by atoms with E-state index in [1.165, 1.54) is 52.4 Å². The zero-order valence-electron chi connectivity index (χ0n) is 19.5. The van der Waals surface area contributed by atoms with Gasteiger partial charge >= 0.3 is 0 Å². The first kappa shape index (κ1) is 25.2. The summed E-state index contributed by atoms with van der Waals surface area (Å²) in [5.74, 6) is 0.406. The van der Waals surface area contributed by atoms with Crippen LogP contribution in [0.15, 0.2) is 46.9 Å². The van der Waals surface area contributed by atoms with Gasteiger partial charge in [0.25, 0.3) is 0 Å². The Bertz CT molecular complexity index is 1370. The lowest BCUT2D eigenvalue weighted by Gasteiger charge is -2.15. The standard InChI is InChI=1S/C24H23ClFN5O2S2/c1-13-5-6-16(9-14(13)2)19-11-34-23(27-19)28-21(32)12-35-24-30-29-22(31(24)4)15(3)33-20-8-7-17(26)10-18(20)25/h5-11,15H,12H2,1-4H3,(H,27,28,32). The van der Waals surface area contributed by atoms with Crippen molar-refractivity contribution >= 4 is 45.7 Å². The first-order valence-electron chi connectivity index (χ1n) is 10.7. The number of thiazole rings is 1. The molecule has 1 unspecified atom stereocenters. The van der Waals surface area contributed by atoms with Crippen LogP contribution in [0.5, 0.6) is 5.75 Å². The molecule has 0 aliphatic rings. The van der Waals surface area contributed by atoms with Crippen molar-refractivity contribution in [1.29, 1.82) is 0 Å². The van der Waals surface area contributed by atoms with Crippen LogP contribution in [0.25, 0.3) is 11.3 Å². The summed E-state index contributed by atoms with van der Waals surface area (Å²) < 4.78 is 20.8. The molecule has 11 heteroatoms. The molecule has 0 saturated heterocycles. The lowest BCUT2D eigenvalue weighted by atomic mass is 10.1. The van der Waals surface area contributed by atoms with Gasteiger partial charge < -0.3 is 14.6 Å². The Balaban J connectivity index is 1.34. The van der Waals surface area contributed by atoms with Gasteiger partial charge in [-0.1, -0.05) is 35.5 Å². The number of aryl methyl sites for hydroxylation is 2. The smallest absolute Gasteiger partial charge is 0.236 e. The van der Waals surface area contributed by atoms with Crippen molar-refractivity contribution in [1.82, 2.24) is 19.7 Å². The Labute approximate surface area is 215 Å². The molecule has 1 N–H and O–H groups in total. The van der Waals surface area contributed by atoms with E-state index in [2.05, 4.69) is 46.5 Å². The van der Waals surface area contributed by atoms with Crippen molar-refractivity contribution in [2.24, 2.45) is 7.05 Å². The summed E-state index contributed by atoms with van der Waals surface area (Å²) in [6.07, 6.45) is -0.488. The van der Waals surface area contributed by atoms with Gasteiger partial charge in [0.2, 0.25) is 5.91 Å². The predicted octanol–water partition coefficient (Wildman–Crippen LogP) is 6.22. The molecule has 2 heterocycles. The molecule has 1 atom stereocenters. The molecule has 7 nitrogen and oxygen atoms in total. The van der Waals surface area contributed by atoms with Gasteiger partial charge in [0.05, 0.1) is 16.5 Å². The summed E-state index contributed by atoms with van der Waals surface area (Å²) in [6, 6.07) is 10.1. The molecule has 1 amide bonds. The Hall–Kier alpha value is -2.95. The lowest BCUT2D eigenvalue weighted by Crippen LogP contribution is -2.14. The fraction of sp³-hybridized carbons (Fsp3) is 0.250. The Morgan fingerprint density at radius 2 is 2.03 bits per heavy atom. The SMILES string of the molecule is Cc1ccc(-c2csc(NC(=O)CSc3nnc(C(C)Oc4ccc(F)cc4Cl)n3C)n2)cc1C. The number of carbonyl (C=O) groups is 1. The monoisotopic (exact) mass is 531 g/mol. The number of hydrogen-bond donors (Lipinski definition) is 1. The largest absolute Gasteiger partial charge is 0.481 e. The van der Waals surface area contributed by atoms with E-state index in [1.807, 2.05) is 11.4 Å². The van der Waals surface area contributed by atoms with Crippen LogP contribution in [-0.4, -0.2) is 31.4 Å². The second-order valence-corrected chi connectivity index (χ2v) is 10.1. The first-order chi connectivity index (χ1) is 16.7. The van der Waals surface area contributed by atoms with Gasteiger partial charge in [0.15, 0.2) is 22.2 Å². The van der Waals surface area contributed by atoms with Gasteiger partial charge in [-0.15, -0.1) is 21.5 Å². The summed E-state index contributed by atoms with van der Waals surface area (Å²) in [6.45, 7) is 5.92. The minimum atomic E-state index is -0.488. The van der Waals surface area contributed by atoms with Crippen LogP contribution in [0.1, 0.15) is 30.0 Å². The van der Waals surface area contributed by atoms with Gasteiger partial charge in [0.1, 0.15) is 11.6 Å². The van der Waals surface area contributed by atoms with Gasteiger partial charge in [-0.05, 0) is 56.2 Å². The van der Waals surface area contributed by atoms with Crippen LogP contribution >= 0.6 is 34.7 Å². The first-order valence-corrected chi connectivity index (χ1v) is 12.9. The van der Waals surface area contributed by atoms with E-state index < -0.39 is 11.9 Å². The number of amides is 1. The Morgan fingerprint density at radius 1 is 1.23 bits per heavy atom. The number of thioether (sulfide) groups is 1. The van der Waals surface area contributed by atoms with E-state index in [9.17, 15) is 9.18 Å². The molecule has 0 aliphatic heterocycles. The molecule has 182 valence electrons. The summed E-state index contributed by atoms with van der Waals surface area (Å²) in [7, 11) is 1.79. The fourth-order valence-electron chi connectivity index (χ4n) is 3.27. The molecule has 0 spiro atoms. The number of halogens is 2. The molecular formula is C24H23ClFN5O2S2. The number of anilines is 1. The number of rotatable bonds is 8. The number of aromatic nitrogens is 4. The van der Waals surface area contributed by atoms with E-state index in [0.717, 1.165) is 11.3 Å². The maximum absolute atomic E-state index is 13.3. The molecule has 0 aliphatic carbocycles. The molecular weight excluding hydrogens is 509 g/mol. The van der Waals surface area contributed by atoms with Gasteiger partial charge in [0, 0.05) is 18.0 Å². The third-order valence-electron chi connectivity index (χ3n) is 5.32. The lowest BCUT2D eigenvalue weighted by molar-refractivity contribution is -0.113. The summed E-state index contributed by atoms with van der Waals surface area (Å²) >= 11 is 8.68. The number of carbonyl (C=O) groups excluding carboxylic acids is 1. The quantitative estimate of drug-likeness (QED) is 0.272. The second-order valence-electron chi connectivity index (χ2n) is 7.91. The average Bonchev–Trinajstić information content (AvgIpc) is 3.42. The molecule has 4 aromatic rings. The Kier molecular flexibility index (Phi) is 7.73. The van der Waals surface area contributed by atoms with Gasteiger partial charge in [-0.3, -0.25) is 4.79 Å². The molecule has 35 heavy (non-hydrogen) atoms. The van der Waals surface area contributed by atoms with Crippen LogP contribution in [0, 0.1) is 19.7 Å². The van der Waals surface area contributed by atoms with Crippen molar-refractivity contribution in [3.05, 3.63) is 69.6 Å². The summed E-state index contributed by atoms with van der Waals surface area (Å²) in [5.41, 5.74) is 4.26. The Morgan fingerprint density at radius 3 is 2.77 bits per heavy atom. The normalized spacial score (nSPS) is 11.9. The minimum absolute atomic E-state index is 0.142. The molecule has 0 radical (unpaired) electrons. The van der Waals surface area contributed by atoms with Crippen LogP contribution in [0.3, 0.4) is 0 Å². The third-order valence-corrected chi connectivity index (χ3v) is 7.39. The van der Waals surface area contributed by atoms with Crippen LogP contribution in [-0.2, 0) is 11.8 Å². The zero-order chi connectivity index (χ0) is 25.1. The van der Waals surface area contributed by atoms with E-state index in [-0.39, 0.29) is 16.7 Å². The number of ether oxygens (including phenoxy) is 1. The van der Waals surface area contributed by atoms with Crippen LogP contribution in [0.4, 0.5) is 9.52 Å². The second kappa shape index (κ2) is 10.8. The highest BCUT2D eigenvalue weighted by molar-refractivity contribution is 7.99. The highest BCUT2D eigenvalue weighted by Crippen LogP contribution is 2.30. The molecule has 0 fully saturated rings. The summed E-state index contributed by atoms with van der Waals surface area (Å²) in [4.78, 5) is 17.0. The van der Waals surface area contributed by atoms with E-state index in [4.69, 9.17) is 16.3 Å². The highest BCUT2D eigenvalue weighted by atomic mass is 35.5. The van der Waals surface area contributed by atoms with Crippen LogP contribution < -0.4 is 10.1 Å². The molecule has 0 bridgehead atoms. The zero-order valence-corrected chi connectivity index (χ0v) is 21.9. The molecule has 4 rings (SSSR count). The number of nitrogens with zero attached hydrogens (tertiary/aromatic N) is 4. The number of benzene rings is 2. The topological polar surface area (TPSA) is 81.9 Å². The van der Waals surface area contributed by atoms with Crippen molar-refractivity contribution in [2.75, 3.05) is 11.1 Å². The minimum Gasteiger partial charge on any atom is -0.481 e. The summed E-state index contributed by atoms with van der Waals surface area (Å²) in [5, 5.41) is 14.4. The molecule has 2 aromatic heterocycles. The fourth-order valence-corrected chi connectivity index (χ4v) is 4.94. The number of nitrogens with one attached hydrogen (secondary N) is 1. The van der Waals surface area contributed by atoms with Crippen molar-refractivity contribution in [3.63, 3.8) is 0 Å². The average molecular weight is 532 g/mol. The third kappa shape index (κ3) is 6.01. The van der Waals surface area contributed by atoms with Gasteiger partial charge in [-0.2, -0.15) is 0 Å². The van der Waals surface area contributed by atoms with E-state index >= 15 is 0 Å². The maximum Gasteiger partial charge on any atom is 0.236 e. The number of hydrogen-bond acceptors (Lipinski definition) is 7. The van der Waals surface area contributed by atoms with Gasteiger partial charge in [-0.25, -0.2) is 9.37 Å². The van der Waals surface area contributed by atoms with Crippen molar-refractivity contribution in [3.8, 4) is 17.0 Å². The van der Waals surface area contributed by atoms with E-state index in [0.29, 0.717) is 21.9 Å². The van der Waals surface area contributed by atoms with Crippen molar-refractivity contribution in [2.45, 2.75) is 32.0 Å². The van der Waals surface area contributed by atoms with Crippen LogP contribution in [0.2, 0.25) is 5.02 Å². The predicted molar refractivity (Wildman–Crippen MR) is 138 cm³/mol. The molecule has 2 aromatic carbocycles. The highest BCUT2D eigenvalue weighted by Gasteiger charge is 2.19. The van der Waals surface area contributed by atoms with Crippen molar-refractivity contribution < 1.29 is 13.9 Å².